The first kappa shape index (κ1) is 12.3. The van der Waals surface area contributed by atoms with Crippen LogP contribution in [0.4, 0.5) is 11.8 Å². The van der Waals surface area contributed by atoms with Gasteiger partial charge in [0.1, 0.15) is 5.52 Å². The lowest BCUT2D eigenvalue weighted by atomic mass is 10.2. The van der Waals surface area contributed by atoms with Crippen molar-refractivity contribution in [1.29, 1.82) is 0 Å². The molecule has 102 valence electrons. The van der Waals surface area contributed by atoms with Gasteiger partial charge in [-0.15, -0.1) is 0 Å². The van der Waals surface area contributed by atoms with Gasteiger partial charge in [0.2, 0.25) is 5.95 Å². The van der Waals surface area contributed by atoms with Gasteiger partial charge in [0.05, 0.1) is 18.6 Å². The van der Waals surface area contributed by atoms with Crippen molar-refractivity contribution in [2.75, 3.05) is 17.7 Å². The van der Waals surface area contributed by atoms with Gasteiger partial charge >= 0.3 is 0 Å². The van der Waals surface area contributed by atoms with Crippen molar-refractivity contribution in [2.24, 2.45) is 0 Å². The van der Waals surface area contributed by atoms with Crippen LogP contribution >= 0.6 is 0 Å². The Morgan fingerprint density at radius 2 is 2.15 bits per heavy atom. The largest absolute Gasteiger partial charge is 0.362 e. The smallest absolute Gasteiger partial charge is 0.226 e. The average molecular weight is 269 g/mol. The Balaban J connectivity index is 1.90. The van der Waals surface area contributed by atoms with Gasteiger partial charge < -0.3 is 15.6 Å². The highest BCUT2D eigenvalue weighted by Crippen LogP contribution is 2.19. The van der Waals surface area contributed by atoms with Crippen LogP contribution in [0.3, 0.4) is 0 Å². The van der Waals surface area contributed by atoms with E-state index in [9.17, 15) is 0 Å². The second kappa shape index (κ2) is 5.12. The Labute approximate surface area is 115 Å². The maximum Gasteiger partial charge on any atom is 0.226 e. The number of imidazole rings is 1. The van der Waals surface area contributed by atoms with Crippen LogP contribution in [0.1, 0.15) is 11.3 Å². The molecule has 0 aromatic carbocycles. The number of aromatic amines is 1. The van der Waals surface area contributed by atoms with E-state index in [4.69, 9.17) is 0 Å². The molecule has 0 aliphatic rings. The van der Waals surface area contributed by atoms with Gasteiger partial charge in [-0.25, -0.2) is 4.98 Å². The van der Waals surface area contributed by atoms with Crippen molar-refractivity contribution in [1.82, 2.24) is 24.9 Å². The van der Waals surface area contributed by atoms with Gasteiger partial charge in [-0.05, 0) is 18.6 Å². The van der Waals surface area contributed by atoms with Crippen molar-refractivity contribution in [3.63, 3.8) is 0 Å². The van der Waals surface area contributed by atoms with E-state index in [-0.39, 0.29) is 0 Å². The Morgan fingerprint density at radius 1 is 1.25 bits per heavy atom. The summed E-state index contributed by atoms with van der Waals surface area (Å²) in [6.45, 7) is 2.63. The quantitative estimate of drug-likeness (QED) is 0.668. The molecule has 3 aromatic heterocycles. The number of anilines is 2. The van der Waals surface area contributed by atoms with Crippen LogP contribution < -0.4 is 10.6 Å². The van der Waals surface area contributed by atoms with E-state index in [1.54, 1.807) is 19.6 Å². The summed E-state index contributed by atoms with van der Waals surface area (Å²) in [5, 5.41) is 6.21. The number of aromatic nitrogens is 5. The van der Waals surface area contributed by atoms with Crippen LogP contribution in [0.5, 0.6) is 0 Å². The zero-order chi connectivity index (χ0) is 13.9. The molecule has 0 spiro atoms. The third kappa shape index (κ3) is 2.25. The first-order valence-electron chi connectivity index (χ1n) is 6.31. The molecule has 0 atom stereocenters. The molecular weight excluding hydrogens is 254 g/mol. The van der Waals surface area contributed by atoms with Gasteiger partial charge in [0.15, 0.2) is 11.5 Å². The number of pyridine rings is 1. The minimum Gasteiger partial charge on any atom is -0.362 e. The lowest BCUT2D eigenvalue weighted by molar-refractivity contribution is 1.00. The molecule has 0 fully saturated rings. The van der Waals surface area contributed by atoms with Crippen molar-refractivity contribution >= 4 is 22.9 Å². The van der Waals surface area contributed by atoms with Gasteiger partial charge in [-0.3, -0.25) is 4.98 Å². The second-order valence-electron chi connectivity index (χ2n) is 4.37. The van der Waals surface area contributed by atoms with Crippen LogP contribution in [0, 0.1) is 6.92 Å². The number of nitrogens with zero attached hydrogens (tertiary/aromatic N) is 4. The normalized spacial score (nSPS) is 10.7. The zero-order valence-corrected chi connectivity index (χ0v) is 11.3. The van der Waals surface area contributed by atoms with Crippen LogP contribution in [0.25, 0.3) is 11.2 Å². The number of hydrogen-bond acceptors (Lipinski definition) is 6. The van der Waals surface area contributed by atoms with E-state index in [0.29, 0.717) is 24.0 Å². The maximum absolute atomic E-state index is 4.40. The van der Waals surface area contributed by atoms with E-state index in [1.807, 2.05) is 19.1 Å². The minimum absolute atomic E-state index is 0.532. The van der Waals surface area contributed by atoms with Crippen molar-refractivity contribution in [3.05, 3.63) is 35.9 Å². The Kier molecular flexibility index (Phi) is 3.16. The summed E-state index contributed by atoms with van der Waals surface area (Å²) in [6.07, 6.45) is 3.39. The summed E-state index contributed by atoms with van der Waals surface area (Å²) in [5.41, 5.74) is 3.55. The molecule has 0 bridgehead atoms. The summed E-state index contributed by atoms with van der Waals surface area (Å²) in [4.78, 5) is 20.2. The molecule has 3 N–H and O–H groups in total. The van der Waals surface area contributed by atoms with E-state index in [1.165, 1.54) is 0 Å². The van der Waals surface area contributed by atoms with Crippen LogP contribution in [-0.4, -0.2) is 32.0 Å². The predicted octanol–water partition coefficient (Wildman–Crippen LogP) is 1.71. The third-order valence-electron chi connectivity index (χ3n) is 3.05. The fourth-order valence-corrected chi connectivity index (χ4v) is 1.94. The van der Waals surface area contributed by atoms with Gasteiger partial charge in [0.25, 0.3) is 0 Å². The first-order valence-corrected chi connectivity index (χ1v) is 6.31. The molecule has 7 nitrogen and oxygen atoms in total. The predicted molar refractivity (Wildman–Crippen MR) is 77.5 cm³/mol. The fourth-order valence-electron chi connectivity index (χ4n) is 1.94. The van der Waals surface area contributed by atoms with Gasteiger partial charge in [-0.2, -0.15) is 9.97 Å². The van der Waals surface area contributed by atoms with Crippen LogP contribution in [0.2, 0.25) is 0 Å². The molecule has 3 aromatic rings. The third-order valence-corrected chi connectivity index (χ3v) is 3.05. The standard InChI is InChI=1S/C13H15N7/c1-8-4-3-5-15-9(8)6-16-11-10-12(18-7-17-10)20-13(14-2)19-11/h3-5,7H,6H2,1-2H3,(H3,14,16,17,18,19,20). The molecule has 0 radical (unpaired) electrons. The number of H-pyrrole nitrogens is 1. The van der Waals surface area contributed by atoms with E-state index in [2.05, 4.69) is 35.6 Å². The Morgan fingerprint density at radius 3 is 2.95 bits per heavy atom. The molecule has 7 heteroatoms. The molecule has 3 heterocycles. The highest BCUT2D eigenvalue weighted by atomic mass is 15.2. The van der Waals surface area contributed by atoms with Crippen molar-refractivity contribution in [2.45, 2.75) is 13.5 Å². The topological polar surface area (TPSA) is 91.4 Å². The molecule has 0 saturated carbocycles. The molecule has 0 amide bonds. The number of aryl methyl sites for hydroxylation is 1. The van der Waals surface area contributed by atoms with Crippen molar-refractivity contribution < 1.29 is 0 Å². The highest BCUT2D eigenvalue weighted by Gasteiger charge is 2.09. The molecule has 0 saturated heterocycles. The summed E-state index contributed by atoms with van der Waals surface area (Å²) in [5.74, 6) is 1.24. The summed E-state index contributed by atoms with van der Waals surface area (Å²) in [6, 6.07) is 3.96. The molecule has 0 aliphatic carbocycles. The Bertz CT molecular complexity index is 734. The lowest BCUT2D eigenvalue weighted by Gasteiger charge is -2.09. The average Bonchev–Trinajstić information content (AvgIpc) is 2.94. The summed E-state index contributed by atoms with van der Waals surface area (Å²) in [7, 11) is 1.78. The maximum atomic E-state index is 4.40. The monoisotopic (exact) mass is 269 g/mol. The highest BCUT2D eigenvalue weighted by molar-refractivity contribution is 5.83. The minimum atomic E-state index is 0.532. The Hall–Kier alpha value is -2.70. The second-order valence-corrected chi connectivity index (χ2v) is 4.37. The van der Waals surface area contributed by atoms with Crippen LogP contribution in [0.15, 0.2) is 24.7 Å². The molecule has 20 heavy (non-hydrogen) atoms. The molecular formula is C13H15N7. The van der Waals surface area contributed by atoms with Crippen molar-refractivity contribution in [3.8, 4) is 0 Å². The molecule has 0 unspecified atom stereocenters. The van der Waals surface area contributed by atoms with E-state index >= 15 is 0 Å². The molecule has 3 rings (SSSR count). The van der Waals surface area contributed by atoms with Gasteiger partial charge in [-0.1, -0.05) is 6.07 Å². The first-order chi connectivity index (χ1) is 9.78. The summed E-state index contributed by atoms with van der Waals surface area (Å²) < 4.78 is 0. The number of hydrogen-bond donors (Lipinski definition) is 3. The zero-order valence-electron chi connectivity index (χ0n) is 11.3. The van der Waals surface area contributed by atoms with E-state index < -0.39 is 0 Å². The van der Waals surface area contributed by atoms with Gasteiger partial charge in [0, 0.05) is 13.2 Å². The molecule has 0 aliphatic heterocycles. The van der Waals surface area contributed by atoms with E-state index in [0.717, 1.165) is 16.8 Å². The fraction of sp³-hybridized carbons (Fsp3) is 0.231. The SMILES string of the molecule is CNc1nc(NCc2ncccc2C)c2[nH]cnc2n1. The lowest BCUT2D eigenvalue weighted by Crippen LogP contribution is -2.07. The number of rotatable bonds is 4. The number of fused-ring (bicyclic) bond motifs is 1. The number of nitrogens with one attached hydrogen (secondary N) is 3. The van der Waals surface area contributed by atoms with Crippen LogP contribution in [-0.2, 0) is 6.54 Å². The summed E-state index contributed by atoms with van der Waals surface area (Å²) >= 11 is 0.